The van der Waals surface area contributed by atoms with Crippen LogP contribution in [0.5, 0.6) is 0 Å². The summed E-state index contributed by atoms with van der Waals surface area (Å²) in [5.41, 5.74) is 1.15. The van der Waals surface area contributed by atoms with Crippen molar-refractivity contribution in [2.45, 2.75) is 37.9 Å². The van der Waals surface area contributed by atoms with Gasteiger partial charge in [-0.15, -0.1) is 10.2 Å². The van der Waals surface area contributed by atoms with E-state index in [1.165, 1.54) is 11.8 Å². The van der Waals surface area contributed by atoms with Crippen LogP contribution in [0.2, 0.25) is 0 Å². The first-order chi connectivity index (χ1) is 12.0. The molecule has 25 heavy (non-hydrogen) atoms. The van der Waals surface area contributed by atoms with E-state index in [4.69, 9.17) is 0 Å². The van der Waals surface area contributed by atoms with Gasteiger partial charge in [-0.1, -0.05) is 49.0 Å². The highest BCUT2D eigenvalue weighted by atomic mass is 32.2. The van der Waals surface area contributed by atoms with Gasteiger partial charge >= 0.3 is 6.03 Å². The lowest BCUT2D eigenvalue weighted by Gasteiger charge is -2.11. The molecule has 2 N–H and O–H groups in total. The molecule has 0 fully saturated rings. The van der Waals surface area contributed by atoms with E-state index in [9.17, 15) is 9.59 Å². The highest BCUT2D eigenvalue weighted by Gasteiger charge is 2.14. The van der Waals surface area contributed by atoms with Crippen LogP contribution in [-0.4, -0.2) is 38.5 Å². The Bertz CT molecular complexity index is 717. The first-order valence-corrected chi connectivity index (χ1v) is 9.13. The minimum Gasteiger partial charge on any atom is -0.335 e. The van der Waals surface area contributed by atoms with Crippen molar-refractivity contribution < 1.29 is 9.59 Å². The first-order valence-electron chi connectivity index (χ1n) is 8.15. The fourth-order valence-corrected chi connectivity index (χ4v) is 2.79. The number of urea groups is 1. The number of carbonyl (C=O) groups is 2. The normalized spacial score (nSPS) is 11.8. The minimum absolute atomic E-state index is 0.0275. The second-order valence-electron chi connectivity index (χ2n) is 5.74. The molecule has 1 atom stereocenters. The van der Waals surface area contributed by atoms with Gasteiger partial charge in [0.2, 0.25) is 5.91 Å². The number of carbonyl (C=O) groups excluding carboxylic acids is 2. The molecule has 134 valence electrons. The van der Waals surface area contributed by atoms with Gasteiger partial charge in [0.1, 0.15) is 5.82 Å². The average molecular weight is 361 g/mol. The van der Waals surface area contributed by atoms with Crippen LogP contribution in [0.1, 0.15) is 31.7 Å². The Morgan fingerprint density at radius 1 is 1.24 bits per heavy atom. The molecule has 0 unspecified atom stereocenters. The Labute approximate surface area is 151 Å². The highest BCUT2D eigenvalue weighted by Crippen LogP contribution is 2.17. The van der Waals surface area contributed by atoms with E-state index in [0.717, 1.165) is 17.8 Å². The zero-order valence-electron chi connectivity index (χ0n) is 14.7. The second-order valence-corrected chi connectivity index (χ2v) is 6.68. The van der Waals surface area contributed by atoms with Crippen LogP contribution < -0.4 is 10.6 Å². The molecule has 1 heterocycles. The molecule has 0 saturated carbocycles. The predicted octanol–water partition coefficient (Wildman–Crippen LogP) is 2.12. The van der Waals surface area contributed by atoms with Crippen molar-refractivity contribution in [2.75, 3.05) is 5.75 Å². The number of hydrogen-bond acceptors (Lipinski definition) is 5. The Kier molecular flexibility index (Phi) is 7.00. The summed E-state index contributed by atoms with van der Waals surface area (Å²) in [5, 5.41) is 13.9. The van der Waals surface area contributed by atoms with E-state index >= 15 is 0 Å². The van der Waals surface area contributed by atoms with Crippen molar-refractivity contribution >= 4 is 23.7 Å². The maximum atomic E-state index is 11.9. The van der Waals surface area contributed by atoms with Crippen LogP contribution in [0.25, 0.3) is 0 Å². The number of aromatic nitrogens is 3. The van der Waals surface area contributed by atoms with E-state index in [1.807, 2.05) is 55.8 Å². The summed E-state index contributed by atoms with van der Waals surface area (Å²) >= 11 is 1.25. The van der Waals surface area contributed by atoms with Crippen molar-refractivity contribution in [1.82, 2.24) is 25.4 Å². The van der Waals surface area contributed by atoms with Gasteiger partial charge in [-0.05, 0) is 18.9 Å². The quantitative estimate of drug-likeness (QED) is 0.738. The van der Waals surface area contributed by atoms with E-state index in [0.29, 0.717) is 11.6 Å². The zero-order chi connectivity index (χ0) is 18.2. The second kappa shape index (κ2) is 9.22. The fourth-order valence-electron chi connectivity index (χ4n) is 2.06. The van der Waals surface area contributed by atoms with Crippen molar-refractivity contribution in [3.05, 3.63) is 41.7 Å². The van der Waals surface area contributed by atoms with Crippen molar-refractivity contribution in [2.24, 2.45) is 7.05 Å². The molecule has 0 radical (unpaired) electrons. The van der Waals surface area contributed by atoms with E-state index in [-0.39, 0.29) is 17.7 Å². The average Bonchev–Trinajstić information content (AvgIpc) is 2.93. The largest absolute Gasteiger partial charge is 0.335 e. The third kappa shape index (κ3) is 5.90. The smallest absolute Gasteiger partial charge is 0.321 e. The topological polar surface area (TPSA) is 88.9 Å². The summed E-state index contributed by atoms with van der Waals surface area (Å²) in [5.74, 6) is 0.563. The Morgan fingerprint density at radius 3 is 2.64 bits per heavy atom. The van der Waals surface area contributed by atoms with Gasteiger partial charge in [0.15, 0.2) is 5.16 Å². The SMILES string of the molecule is CC[C@@H](C)NC(=O)NC(=O)CSc1nnc(Cc2ccccc2)n1C. The predicted molar refractivity (Wildman–Crippen MR) is 97.4 cm³/mol. The lowest BCUT2D eigenvalue weighted by molar-refractivity contribution is -0.117. The number of hydrogen-bond donors (Lipinski definition) is 2. The first kappa shape index (κ1) is 19.0. The van der Waals surface area contributed by atoms with Gasteiger partial charge in [0.25, 0.3) is 0 Å². The van der Waals surface area contributed by atoms with Crippen molar-refractivity contribution in [1.29, 1.82) is 0 Å². The fraction of sp³-hybridized carbons (Fsp3) is 0.412. The van der Waals surface area contributed by atoms with Gasteiger partial charge in [-0.25, -0.2) is 4.79 Å². The van der Waals surface area contributed by atoms with Gasteiger partial charge in [-0.2, -0.15) is 0 Å². The Hall–Kier alpha value is -2.35. The molecule has 0 spiro atoms. The molecule has 3 amide bonds. The van der Waals surface area contributed by atoms with Crippen LogP contribution in [0.4, 0.5) is 4.79 Å². The number of benzene rings is 1. The van der Waals surface area contributed by atoms with Gasteiger partial charge in [0.05, 0.1) is 5.75 Å². The van der Waals surface area contributed by atoms with Crippen molar-refractivity contribution in [3.63, 3.8) is 0 Å². The summed E-state index contributed by atoms with van der Waals surface area (Å²) in [6, 6.07) is 9.56. The van der Waals surface area contributed by atoms with Crippen molar-refractivity contribution in [3.8, 4) is 0 Å². The van der Waals surface area contributed by atoms with Crippen LogP contribution in [0.15, 0.2) is 35.5 Å². The standard InChI is InChI=1S/C17H23N5O2S/c1-4-12(2)18-16(24)19-15(23)11-25-17-21-20-14(22(17)3)10-13-8-6-5-7-9-13/h5-9,12H,4,10-11H2,1-3H3,(H2,18,19,23,24)/t12-/m1/s1. The van der Waals surface area contributed by atoms with E-state index < -0.39 is 6.03 Å². The number of thioether (sulfide) groups is 1. The summed E-state index contributed by atoms with van der Waals surface area (Å²) in [4.78, 5) is 23.5. The summed E-state index contributed by atoms with van der Waals surface area (Å²) in [6.07, 6.45) is 1.48. The van der Waals surface area contributed by atoms with E-state index in [1.54, 1.807) is 0 Å². The molecule has 7 nitrogen and oxygen atoms in total. The lowest BCUT2D eigenvalue weighted by atomic mass is 10.1. The Morgan fingerprint density at radius 2 is 1.96 bits per heavy atom. The lowest BCUT2D eigenvalue weighted by Crippen LogP contribution is -2.43. The highest BCUT2D eigenvalue weighted by molar-refractivity contribution is 7.99. The maximum absolute atomic E-state index is 11.9. The molecule has 1 aromatic heterocycles. The maximum Gasteiger partial charge on any atom is 0.321 e. The van der Waals surface area contributed by atoms with Gasteiger partial charge < -0.3 is 9.88 Å². The number of nitrogens with zero attached hydrogens (tertiary/aromatic N) is 3. The van der Waals surface area contributed by atoms with Crippen LogP contribution in [-0.2, 0) is 18.3 Å². The number of rotatable bonds is 7. The minimum atomic E-state index is -0.470. The van der Waals surface area contributed by atoms with Gasteiger partial charge in [-0.3, -0.25) is 10.1 Å². The molecule has 0 aliphatic carbocycles. The van der Waals surface area contributed by atoms with E-state index in [2.05, 4.69) is 20.8 Å². The molecular weight excluding hydrogens is 338 g/mol. The molecule has 2 aromatic rings. The third-order valence-electron chi connectivity index (χ3n) is 3.71. The van der Waals surface area contributed by atoms with Gasteiger partial charge in [0, 0.05) is 19.5 Å². The molecule has 1 aromatic carbocycles. The molecule has 0 aliphatic rings. The zero-order valence-corrected chi connectivity index (χ0v) is 15.5. The third-order valence-corrected chi connectivity index (χ3v) is 4.73. The molecule has 8 heteroatoms. The summed E-state index contributed by atoms with van der Waals surface area (Å²) in [6.45, 7) is 3.84. The molecule has 2 rings (SSSR count). The summed E-state index contributed by atoms with van der Waals surface area (Å²) in [7, 11) is 1.87. The monoisotopic (exact) mass is 361 g/mol. The van der Waals surface area contributed by atoms with Crippen LogP contribution in [0.3, 0.4) is 0 Å². The molecule has 0 bridgehead atoms. The molecular formula is C17H23N5O2S. The number of amides is 3. The summed E-state index contributed by atoms with van der Waals surface area (Å²) < 4.78 is 1.87. The molecule has 0 aliphatic heterocycles. The van der Waals surface area contributed by atoms with Crippen LogP contribution >= 0.6 is 11.8 Å². The Balaban J connectivity index is 1.85. The number of nitrogens with one attached hydrogen (secondary N) is 2. The number of imide groups is 1. The molecule has 0 saturated heterocycles. The van der Waals surface area contributed by atoms with Crippen LogP contribution in [0, 0.1) is 0 Å².